The summed E-state index contributed by atoms with van der Waals surface area (Å²) in [4.78, 5) is 14.0. The Morgan fingerprint density at radius 2 is 1.92 bits per heavy atom. The fourth-order valence-electron chi connectivity index (χ4n) is 2.79. The summed E-state index contributed by atoms with van der Waals surface area (Å²) in [7, 11) is 0. The molecule has 1 aromatic carbocycles. The fraction of sp³-hybridized carbons (Fsp3) is 0.353. The summed E-state index contributed by atoms with van der Waals surface area (Å²) in [5, 5.41) is 1.94. The number of nitrogens with zero attached hydrogens (tertiary/aromatic N) is 4. The van der Waals surface area contributed by atoms with Crippen LogP contribution in [0.15, 0.2) is 34.6 Å². The van der Waals surface area contributed by atoms with Gasteiger partial charge < -0.3 is 16.0 Å². The quantitative estimate of drug-likeness (QED) is 0.604. The first-order valence-electron chi connectivity index (χ1n) is 8.32. The van der Waals surface area contributed by atoms with Crippen molar-refractivity contribution in [3.8, 4) is 0 Å². The summed E-state index contributed by atoms with van der Waals surface area (Å²) in [5.74, 6) is 0.794. The molecule has 0 aliphatic rings. The number of hydrogen-bond donors (Lipinski definition) is 2. The molecule has 3 aromatic rings. The van der Waals surface area contributed by atoms with Gasteiger partial charge in [0.2, 0.25) is 0 Å². The van der Waals surface area contributed by atoms with Gasteiger partial charge in [0.05, 0.1) is 0 Å². The molecule has 3 rings (SSSR count). The van der Waals surface area contributed by atoms with Gasteiger partial charge >= 0.3 is 0 Å². The van der Waals surface area contributed by atoms with Gasteiger partial charge in [-0.05, 0) is 37.1 Å². The number of imidazole rings is 1. The Morgan fingerprint density at radius 1 is 1.19 bits per heavy atom. The zero-order valence-corrected chi connectivity index (χ0v) is 16.7. The van der Waals surface area contributed by atoms with Crippen LogP contribution in [0.5, 0.6) is 0 Å². The second-order valence-electron chi connectivity index (χ2n) is 5.99. The monoisotopic (exact) mass is 410 g/mol. The first-order chi connectivity index (χ1) is 12.5. The summed E-state index contributed by atoms with van der Waals surface area (Å²) in [6, 6.07) is 5.41. The summed E-state index contributed by atoms with van der Waals surface area (Å²) >= 11 is 13.7. The van der Waals surface area contributed by atoms with Crippen LogP contribution in [0, 0.1) is 5.92 Å². The molecule has 0 aliphatic heterocycles. The van der Waals surface area contributed by atoms with E-state index >= 15 is 0 Å². The molecule has 1 atom stereocenters. The molecule has 1 unspecified atom stereocenters. The molecule has 9 heteroatoms. The van der Waals surface area contributed by atoms with E-state index < -0.39 is 0 Å². The second-order valence-corrected chi connectivity index (χ2v) is 7.91. The van der Waals surface area contributed by atoms with Gasteiger partial charge in [-0.25, -0.2) is 15.0 Å². The molecule has 0 amide bonds. The van der Waals surface area contributed by atoms with Crippen LogP contribution in [-0.2, 0) is 6.54 Å². The standard InChI is InChI=1S/C17H20Cl2N6S/c1-2-10(3-4-20)8-25-16-14(15(21)22-9-23-16)24-17(25)26-13-6-11(18)5-12(19)7-13/h5-7,9-10H,2-4,8,20H2,1H3,(H2,21,22,23). The molecule has 0 bridgehead atoms. The third kappa shape index (κ3) is 4.23. The number of fused-ring (bicyclic) bond motifs is 1. The summed E-state index contributed by atoms with van der Waals surface area (Å²) in [5.41, 5.74) is 13.1. The van der Waals surface area contributed by atoms with Crippen molar-refractivity contribution in [1.82, 2.24) is 19.5 Å². The predicted molar refractivity (Wildman–Crippen MR) is 108 cm³/mol. The Kier molecular flexibility index (Phi) is 6.24. The largest absolute Gasteiger partial charge is 0.382 e. The summed E-state index contributed by atoms with van der Waals surface area (Å²) < 4.78 is 2.08. The molecule has 0 saturated heterocycles. The van der Waals surface area contributed by atoms with Crippen LogP contribution < -0.4 is 11.5 Å². The number of aromatic nitrogens is 4. The minimum atomic E-state index is 0.367. The van der Waals surface area contributed by atoms with E-state index in [0.717, 1.165) is 35.1 Å². The van der Waals surface area contributed by atoms with Gasteiger partial charge in [-0.15, -0.1) is 0 Å². The van der Waals surface area contributed by atoms with Gasteiger partial charge in [-0.3, -0.25) is 0 Å². The minimum absolute atomic E-state index is 0.367. The first kappa shape index (κ1) is 19.2. The van der Waals surface area contributed by atoms with Crippen molar-refractivity contribution >= 4 is 51.9 Å². The fourth-order valence-corrected chi connectivity index (χ4v) is 4.43. The number of anilines is 1. The molecule has 4 N–H and O–H groups in total. The van der Waals surface area contributed by atoms with Gasteiger partial charge in [0, 0.05) is 21.5 Å². The van der Waals surface area contributed by atoms with E-state index in [0.29, 0.717) is 33.8 Å². The molecule has 0 fully saturated rings. The van der Waals surface area contributed by atoms with Gasteiger partial charge in [-0.2, -0.15) is 0 Å². The van der Waals surface area contributed by atoms with Gasteiger partial charge in [0.25, 0.3) is 0 Å². The topological polar surface area (TPSA) is 95.6 Å². The van der Waals surface area contributed by atoms with E-state index in [9.17, 15) is 0 Å². The molecule has 0 radical (unpaired) electrons. The lowest BCUT2D eigenvalue weighted by Gasteiger charge is -2.16. The Balaban J connectivity index is 2.05. The smallest absolute Gasteiger partial charge is 0.175 e. The molecule has 2 aromatic heterocycles. The highest BCUT2D eigenvalue weighted by atomic mass is 35.5. The Morgan fingerprint density at radius 3 is 2.58 bits per heavy atom. The highest BCUT2D eigenvalue weighted by Crippen LogP contribution is 2.34. The van der Waals surface area contributed by atoms with Gasteiger partial charge in [0.15, 0.2) is 22.1 Å². The second kappa shape index (κ2) is 8.43. The molecule has 0 spiro atoms. The van der Waals surface area contributed by atoms with Crippen molar-refractivity contribution in [3.05, 3.63) is 34.6 Å². The van der Waals surface area contributed by atoms with E-state index in [4.69, 9.17) is 34.7 Å². The van der Waals surface area contributed by atoms with Crippen molar-refractivity contribution in [2.75, 3.05) is 12.3 Å². The average Bonchev–Trinajstić information content (AvgIpc) is 2.92. The van der Waals surface area contributed by atoms with Crippen LogP contribution in [0.1, 0.15) is 19.8 Å². The SMILES string of the molecule is CCC(CCN)Cn1c(Sc2cc(Cl)cc(Cl)c2)nc2c(N)ncnc21. The van der Waals surface area contributed by atoms with Crippen LogP contribution in [0.25, 0.3) is 11.2 Å². The van der Waals surface area contributed by atoms with E-state index in [1.165, 1.54) is 18.1 Å². The van der Waals surface area contributed by atoms with Crippen LogP contribution >= 0.6 is 35.0 Å². The Bertz CT molecular complexity index is 893. The van der Waals surface area contributed by atoms with Crippen molar-refractivity contribution in [1.29, 1.82) is 0 Å². The van der Waals surface area contributed by atoms with E-state index in [1.807, 2.05) is 12.1 Å². The lowest BCUT2D eigenvalue weighted by molar-refractivity contribution is 0.398. The maximum Gasteiger partial charge on any atom is 0.175 e. The number of rotatable bonds is 7. The summed E-state index contributed by atoms with van der Waals surface area (Å²) in [6.07, 6.45) is 3.42. The first-order valence-corrected chi connectivity index (χ1v) is 9.89. The van der Waals surface area contributed by atoms with Crippen molar-refractivity contribution in [3.63, 3.8) is 0 Å². The Labute approximate surface area is 166 Å². The van der Waals surface area contributed by atoms with Gasteiger partial charge in [0.1, 0.15) is 6.33 Å². The van der Waals surface area contributed by atoms with Crippen molar-refractivity contribution in [2.24, 2.45) is 11.7 Å². The third-order valence-electron chi connectivity index (χ3n) is 4.16. The molecule has 0 aliphatic carbocycles. The molecular weight excluding hydrogens is 391 g/mol. The highest BCUT2D eigenvalue weighted by Gasteiger charge is 2.19. The minimum Gasteiger partial charge on any atom is -0.382 e. The lowest BCUT2D eigenvalue weighted by atomic mass is 10.0. The zero-order chi connectivity index (χ0) is 18.7. The normalized spacial score (nSPS) is 12.6. The number of nitrogen functional groups attached to an aromatic ring is 1. The third-order valence-corrected chi connectivity index (χ3v) is 5.57. The van der Waals surface area contributed by atoms with Crippen LogP contribution in [-0.4, -0.2) is 26.1 Å². The summed E-state index contributed by atoms with van der Waals surface area (Å²) in [6.45, 7) is 3.57. The maximum absolute atomic E-state index is 6.13. The average molecular weight is 411 g/mol. The highest BCUT2D eigenvalue weighted by molar-refractivity contribution is 7.99. The van der Waals surface area contributed by atoms with Crippen LogP contribution in [0.4, 0.5) is 5.82 Å². The number of halogens is 2. The molecule has 138 valence electrons. The van der Waals surface area contributed by atoms with Gasteiger partial charge in [-0.1, -0.05) is 48.3 Å². The zero-order valence-electron chi connectivity index (χ0n) is 14.3. The van der Waals surface area contributed by atoms with Crippen LogP contribution in [0.3, 0.4) is 0 Å². The van der Waals surface area contributed by atoms with E-state index in [1.54, 1.807) is 6.07 Å². The molecule has 6 nitrogen and oxygen atoms in total. The van der Waals surface area contributed by atoms with Crippen molar-refractivity contribution < 1.29 is 0 Å². The Hall–Kier alpha value is -1.54. The predicted octanol–water partition coefficient (Wildman–Crippen LogP) is 4.24. The van der Waals surface area contributed by atoms with Crippen molar-refractivity contribution in [2.45, 2.75) is 36.4 Å². The molecular formula is C17H20Cl2N6S. The van der Waals surface area contributed by atoms with E-state index in [-0.39, 0.29) is 0 Å². The van der Waals surface area contributed by atoms with E-state index in [2.05, 4.69) is 26.4 Å². The van der Waals surface area contributed by atoms with Crippen LogP contribution in [0.2, 0.25) is 10.0 Å². The number of nitrogens with two attached hydrogens (primary N) is 2. The number of hydrogen-bond acceptors (Lipinski definition) is 6. The molecule has 26 heavy (non-hydrogen) atoms. The number of benzene rings is 1. The molecule has 2 heterocycles. The molecule has 0 saturated carbocycles. The maximum atomic E-state index is 6.13. The lowest BCUT2D eigenvalue weighted by Crippen LogP contribution is -2.15.